The van der Waals surface area contributed by atoms with Crippen LogP contribution in [0.3, 0.4) is 0 Å². The Morgan fingerprint density at radius 3 is 2.64 bits per heavy atom. The summed E-state index contributed by atoms with van der Waals surface area (Å²) < 4.78 is 0. The number of benzene rings is 1. The molecule has 3 fully saturated rings. The third-order valence-electron chi connectivity index (χ3n) is 7.24. The van der Waals surface area contributed by atoms with Crippen molar-refractivity contribution < 1.29 is 19.2 Å². The summed E-state index contributed by atoms with van der Waals surface area (Å²) in [6.07, 6.45) is 6.28. The van der Waals surface area contributed by atoms with Crippen LogP contribution in [0.5, 0.6) is 0 Å². The van der Waals surface area contributed by atoms with Gasteiger partial charge in [-0.25, -0.2) is 0 Å². The van der Waals surface area contributed by atoms with Crippen molar-refractivity contribution in [3.8, 4) is 0 Å². The fourth-order valence-corrected chi connectivity index (χ4v) is 5.13. The number of nitrogens with one attached hydrogen (secondary N) is 1. The molecule has 2 aliphatic heterocycles. The van der Waals surface area contributed by atoms with Crippen molar-refractivity contribution >= 4 is 29.8 Å². The highest BCUT2D eigenvalue weighted by atomic mass is 16.2. The van der Waals surface area contributed by atoms with Crippen molar-refractivity contribution in [3.63, 3.8) is 0 Å². The number of piperidine rings is 1. The fourth-order valence-electron chi connectivity index (χ4n) is 5.13. The number of ketones is 1. The van der Waals surface area contributed by atoms with Gasteiger partial charge < -0.3 is 25.9 Å². The zero-order chi connectivity index (χ0) is 25.5. The van der Waals surface area contributed by atoms with E-state index in [4.69, 9.17) is 5.84 Å². The number of carbonyl (C=O) groups is 4. The average molecular weight is 497 g/mol. The lowest BCUT2D eigenvalue weighted by molar-refractivity contribution is -0.157. The molecule has 0 spiro atoms. The maximum atomic E-state index is 13.3. The van der Waals surface area contributed by atoms with Gasteiger partial charge in [0.1, 0.15) is 18.9 Å². The first-order valence-electron chi connectivity index (χ1n) is 12.9. The number of aryl methyl sites for hydroxylation is 1. The molecule has 0 aromatic heterocycles. The molecule has 2 heterocycles. The van der Waals surface area contributed by atoms with Gasteiger partial charge >= 0.3 is 0 Å². The van der Waals surface area contributed by atoms with Crippen molar-refractivity contribution in [2.75, 3.05) is 32.7 Å². The number of hydrazone groups is 1. The van der Waals surface area contributed by atoms with Gasteiger partial charge in [0.05, 0.1) is 13.0 Å². The largest absolute Gasteiger partial charge is 0.360 e. The fraction of sp³-hybridized carbons (Fsp3) is 0.577. The average Bonchev–Trinajstić information content (AvgIpc) is 3.72. The first-order chi connectivity index (χ1) is 17.5. The minimum absolute atomic E-state index is 0.0520. The molecule has 10 heteroatoms. The second-order valence-electron chi connectivity index (χ2n) is 9.94. The van der Waals surface area contributed by atoms with E-state index in [2.05, 4.69) is 10.4 Å². The van der Waals surface area contributed by atoms with E-state index in [1.54, 1.807) is 9.80 Å². The van der Waals surface area contributed by atoms with Crippen molar-refractivity contribution in [1.29, 1.82) is 0 Å². The molecule has 3 N–H and O–H groups in total. The zero-order valence-electron chi connectivity index (χ0n) is 20.7. The Labute approximate surface area is 211 Å². The Morgan fingerprint density at radius 2 is 1.92 bits per heavy atom. The number of hydrogen-bond donors (Lipinski definition) is 2. The van der Waals surface area contributed by atoms with E-state index in [0.29, 0.717) is 19.5 Å². The molecule has 36 heavy (non-hydrogen) atoms. The number of likely N-dealkylation sites (tertiary alicyclic amines) is 1. The van der Waals surface area contributed by atoms with Crippen molar-refractivity contribution in [1.82, 2.24) is 20.0 Å². The van der Waals surface area contributed by atoms with Gasteiger partial charge in [0, 0.05) is 31.6 Å². The van der Waals surface area contributed by atoms with E-state index in [-0.39, 0.29) is 49.1 Å². The van der Waals surface area contributed by atoms with Crippen LogP contribution in [0.2, 0.25) is 0 Å². The number of nitrogens with two attached hydrogens (primary N) is 1. The summed E-state index contributed by atoms with van der Waals surface area (Å²) in [7, 11) is 0. The molecule has 10 nitrogen and oxygen atoms in total. The van der Waals surface area contributed by atoms with Gasteiger partial charge in [-0.05, 0) is 44.1 Å². The van der Waals surface area contributed by atoms with Crippen LogP contribution in [0.1, 0.15) is 44.1 Å². The number of hydrogen-bond acceptors (Lipinski definition) is 6. The number of carbonyl (C=O) groups excluding carboxylic acids is 4. The lowest BCUT2D eigenvalue weighted by Crippen LogP contribution is -2.61. The van der Waals surface area contributed by atoms with Crippen LogP contribution in [-0.4, -0.2) is 89.4 Å². The van der Waals surface area contributed by atoms with E-state index < -0.39 is 11.9 Å². The summed E-state index contributed by atoms with van der Waals surface area (Å²) in [5.41, 5.74) is 1.17. The normalized spacial score (nSPS) is 22.8. The van der Waals surface area contributed by atoms with Crippen molar-refractivity contribution in [3.05, 3.63) is 35.9 Å². The SMILES string of the molecule is NN=CN1CCC[C@H](C(=O)CNC(=O)C[C@H]2C(=O)N(C3CC3)CC(=O)N2CCCc2ccccc2)C1. The van der Waals surface area contributed by atoms with Crippen molar-refractivity contribution in [2.45, 2.75) is 57.0 Å². The molecule has 194 valence electrons. The lowest BCUT2D eigenvalue weighted by Gasteiger charge is -2.40. The predicted octanol–water partition coefficient (Wildman–Crippen LogP) is 0.510. The van der Waals surface area contributed by atoms with Crippen LogP contribution in [0.25, 0.3) is 0 Å². The Hall–Kier alpha value is -3.43. The predicted molar refractivity (Wildman–Crippen MR) is 135 cm³/mol. The molecule has 0 unspecified atom stereocenters. The molecule has 1 saturated carbocycles. The van der Waals surface area contributed by atoms with Crippen LogP contribution in [0.15, 0.2) is 35.4 Å². The molecule has 1 aromatic carbocycles. The first-order valence-corrected chi connectivity index (χ1v) is 12.9. The molecule has 1 aromatic rings. The molecular formula is C26H36N6O4. The smallest absolute Gasteiger partial charge is 0.246 e. The molecule has 2 atom stereocenters. The summed E-state index contributed by atoms with van der Waals surface area (Å²) in [4.78, 5) is 56.9. The van der Waals surface area contributed by atoms with Gasteiger partial charge in [-0.3, -0.25) is 19.2 Å². The van der Waals surface area contributed by atoms with E-state index in [1.807, 2.05) is 35.2 Å². The van der Waals surface area contributed by atoms with Gasteiger partial charge in [-0.15, -0.1) is 0 Å². The van der Waals surface area contributed by atoms with Crippen LogP contribution < -0.4 is 11.2 Å². The molecule has 3 amide bonds. The second kappa shape index (κ2) is 12.0. The molecule has 3 aliphatic rings. The topological polar surface area (TPSA) is 128 Å². The van der Waals surface area contributed by atoms with E-state index >= 15 is 0 Å². The van der Waals surface area contributed by atoms with Crippen LogP contribution in [0, 0.1) is 5.92 Å². The Bertz CT molecular complexity index is 980. The van der Waals surface area contributed by atoms with E-state index in [1.165, 1.54) is 11.9 Å². The third-order valence-corrected chi connectivity index (χ3v) is 7.24. The van der Waals surface area contributed by atoms with Gasteiger partial charge in [0.15, 0.2) is 5.78 Å². The summed E-state index contributed by atoms with van der Waals surface area (Å²) in [5.74, 6) is 4.29. The van der Waals surface area contributed by atoms with E-state index in [0.717, 1.165) is 38.6 Å². The quantitative estimate of drug-likeness (QED) is 0.199. The van der Waals surface area contributed by atoms with Crippen LogP contribution >= 0.6 is 0 Å². The summed E-state index contributed by atoms with van der Waals surface area (Å²) in [6.45, 7) is 1.72. The van der Waals surface area contributed by atoms with Gasteiger partial charge in [-0.2, -0.15) is 5.10 Å². The summed E-state index contributed by atoms with van der Waals surface area (Å²) in [6, 6.07) is 9.26. The highest BCUT2D eigenvalue weighted by Crippen LogP contribution is 2.30. The number of amides is 3. The first kappa shape index (κ1) is 25.7. The third kappa shape index (κ3) is 6.61. The van der Waals surface area contributed by atoms with Crippen LogP contribution in [0.4, 0.5) is 0 Å². The molecule has 0 radical (unpaired) electrons. The van der Waals surface area contributed by atoms with Gasteiger partial charge in [-0.1, -0.05) is 30.3 Å². The highest BCUT2D eigenvalue weighted by Gasteiger charge is 2.45. The standard InChI is InChI=1S/C26H36N6O4/c27-29-18-30-12-5-9-20(16-30)23(33)15-28-24(34)14-22-26(36)32(21-10-11-21)17-25(35)31(22)13-4-8-19-6-2-1-3-7-19/h1-3,6-7,18,20-22H,4-5,8-17,27H2,(H,28,34)/t20-,22-/m0/s1. The molecule has 2 saturated heterocycles. The molecule has 1 aliphatic carbocycles. The second-order valence-corrected chi connectivity index (χ2v) is 9.94. The molecular weight excluding hydrogens is 460 g/mol. The van der Waals surface area contributed by atoms with Gasteiger partial charge in [0.2, 0.25) is 17.7 Å². The Morgan fingerprint density at radius 1 is 1.14 bits per heavy atom. The zero-order valence-corrected chi connectivity index (χ0v) is 20.7. The van der Waals surface area contributed by atoms with Gasteiger partial charge in [0.25, 0.3) is 0 Å². The highest BCUT2D eigenvalue weighted by molar-refractivity contribution is 5.98. The van der Waals surface area contributed by atoms with E-state index in [9.17, 15) is 19.2 Å². The molecule has 0 bridgehead atoms. The van der Waals surface area contributed by atoms with Crippen molar-refractivity contribution in [2.24, 2.45) is 16.9 Å². The number of piperazine rings is 1. The monoisotopic (exact) mass is 496 g/mol. The minimum atomic E-state index is -0.830. The maximum Gasteiger partial charge on any atom is 0.246 e. The maximum absolute atomic E-state index is 13.3. The summed E-state index contributed by atoms with van der Waals surface area (Å²) >= 11 is 0. The Balaban J connectivity index is 1.33. The number of rotatable bonds is 11. The molecule has 4 rings (SSSR count). The Kier molecular flexibility index (Phi) is 8.56. The van der Waals surface area contributed by atoms with Crippen LogP contribution in [-0.2, 0) is 25.6 Å². The minimum Gasteiger partial charge on any atom is -0.360 e. The lowest BCUT2D eigenvalue weighted by atomic mass is 9.94. The summed E-state index contributed by atoms with van der Waals surface area (Å²) in [5, 5.41) is 6.22. The number of Topliss-reactive ketones (excluding diaryl/α,β-unsaturated/α-hetero) is 1. The number of nitrogens with zero attached hydrogens (tertiary/aromatic N) is 4.